The quantitative estimate of drug-likeness (QED) is 0.138. The van der Waals surface area contributed by atoms with Gasteiger partial charge in [-0.2, -0.15) is 35.1 Å². The summed E-state index contributed by atoms with van der Waals surface area (Å²) >= 11 is 1.38. The summed E-state index contributed by atoms with van der Waals surface area (Å²) in [5.74, 6) is -6.52. The highest BCUT2D eigenvalue weighted by Gasteiger charge is 2.81. The molecule has 2 atom stereocenters. The van der Waals surface area contributed by atoms with Crippen molar-refractivity contribution < 1.29 is 39.5 Å². The Morgan fingerprint density at radius 1 is 0.708 bits per heavy atom. The Balaban J connectivity index is 5.62. The van der Waals surface area contributed by atoms with Gasteiger partial charge in [-0.25, -0.2) is 4.39 Å². The molecule has 0 aliphatic heterocycles. The van der Waals surface area contributed by atoms with Crippen molar-refractivity contribution in [3.63, 3.8) is 0 Å². The minimum absolute atomic E-state index is 0.0697. The minimum atomic E-state index is -6.63. The number of halogens is 10. The topological polar surface area (TPSA) is 0 Å². The van der Waals surface area contributed by atoms with E-state index in [1.165, 1.54) is 29.5 Å². The summed E-state index contributed by atoms with van der Waals surface area (Å²) in [6, 6.07) is 0. The highest BCUT2D eigenvalue weighted by molar-refractivity contribution is 14.1. The number of rotatable bonds is 9. The van der Waals surface area contributed by atoms with Gasteiger partial charge >= 0.3 is 18.3 Å². The van der Waals surface area contributed by atoms with Gasteiger partial charge in [-0.15, -0.1) is 0 Å². The molecule has 0 fully saturated rings. The Morgan fingerprint density at radius 2 is 1.21 bits per heavy atom. The first-order valence-electron chi connectivity index (χ1n) is 7.47. The second kappa shape index (κ2) is 8.20. The van der Waals surface area contributed by atoms with Crippen molar-refractivity contribution in [1.82, 2.24) is 0 Å². The molecule has 0 aliphatic carbocycles. The molecule has 0 heterocycles. The lowest BCUT2D eigenvalue weighted by molar-refractivity contribution is -0.385. The van der Waals surface area contributed by atoms with Gasteiger partial charge in [0.2, 0.25) is 0 Å². The van der Waals surface area contributed by atoms with E-state index in [1.807, 2.05) is 6.92 Å². The third-order valence-corrected chi connectivity index (χ3v) is 5.66. The van der Waals surface area contributed by atoms with Crippen LogP contribution in [0, 0.1) is 0 Å². The predicted octanol–water partition coefficient (Wildman–Crippen LogP) is 7.40. The molecule has 0 rings (SSSR count). The molecular weight excluding hydrogens is 466 g/mol. The fraction of sp³-hybridized carbons (Fsp3) is 1.00. The standard InChI is InChI=1S/C14H20F9I/c1-3-5-6-7-8-10(24,4-2)9-11(15,13(18,19)20)12(16,17)14(21,22)23/h3-9H2,1-2H3. The minimum Gasteiger partial charge on any atom is -0.227 e. The lowest BCUT2D eigenvalue weighted by Crippen LogP contribution is -2.64. The van der Waals surface area contributed by atoms with E-state index in [0.717, 1.165) is 12.8 Å². The van der Waals surface area contributed by atoms with Crippen molar-refractivity contribution in [3.05, 3.63) is 0 Å². The smallest absolute Gasteiger partial charge is 0.227 e. The highest BCUT2D eigenvalue weighted by Crippen LogP contribution is 2.57. The van der Waals surface area contributed by atoms with Crippen molar-refractivity contribution in [2.45, 2.75) is 86.2 Å². The van der Waals surface area contributed by atoms with Crippen LogP contribution in [0.3, 0.4) is 0 Å². The molecule has 0 saturated carbocycles. The van der Waals surface area contributed by atoms with Crippen LogP contribution in [-0.4, -0.2) is 27.4 Å². The molecule has 0 aliphatic rings. The van der Waals surface area contributed by atoms with E-state index in [4.69, 9.17) is 0 Å². The van der Waals surface area contributed by atoms with Crippen LogP contribution in [0.1, 0.15) is 58.8 Å². The highest BCUT2D eigenvalue weighted by atomic mass is 127. The molecule has 0 amide bonds. The van der Waals surface area contributed by atoms with Gasteiger partial charge in [-0.05, 0) is 12.8 Å². The first-order chi connectivity index (χ1) is 10.6. The zero-order valence-corrected chi connectivity index (χ0v) is 15.4. The molecule has 0 radical (unpaired) electrons. The molecule has 0 nitrogen and oxygen atoms in total. The van der Waals surface area contributed by atoms with Gasteiger partial charge in [0.1, 0.15) is 0 Å². The van der Waals surface area contributed by atoms with Crippen LogP contribution in [0.2, 0.25) is 0 Å². The maximum Gasteiger partial charge on any atom is 0.457 e. The number of hydrogen-bond donors (Lipinski definition) is 0. The van der Waals surface area contributed by atoms with Crippen molar-refractivity contribution in [3.8, 4) is 0 Å². The summed E-state index contributed by atoms with van der Waals surface area (Å²) in [5, 5.41) is 0. The molecule has 0 N–H and O–H groups in total. The number of unbranched alkanes of at least 4 members (excludes halogenated alkanes) is 3. The lowest BCUT2D eigenvalue weighted by Gasteiger charge is -2.40. The van der Waals surface area contributed by atoms with Gasteiger partial charge < -0.3 is 0 Å². The van der Waals surface area contributed by atoms with Crippen molar-refractivity contribution >= 4 is 22.6 Å². The van der Waals surface area contributed by atoms with E-state index >= 15 is 0 Å². The summed E-state index contributed by atoms with van der Waals surface area (Å²) in [4.78, 5) is 0. The van der Waals surface area contributed by atoms with Gasteiger partial charge in [-0.1, -0.05) is 62.1 Å². The Morgan fingerprint density at radius 3 is 1.54 bits per heavy atom. The predicted molar refractivity (Wildman–Crippen MR) is 81.3 cm³/mol. The van der Waals surface area contributed by atoms with Crippen LogP contribution in [0.5, 0.6) is 0 Å². The molecule has 24 heavy (non-hydrogen) atoms. The van der Waals surface area contributed by atoms with Crippen LogP contribution in [0.4, 0.5) is 39.5 Å². The molecule has 0 aromatic carbocycles. The second-order valence-electron chi connectivity index (χ2n) is 5.86. The average Bonchev–Trinajstić information content (AvgIpc) is 2.41. The third-order valence-electron chi connectivity index (χ3n) is 3.98. The molecule has 0 aromatic rings. The van der Waals surface area contributed by atoms with Crippen LogP contribution in [-0.2, 0) is 0 Å². The van der Waals surface area contributed by atoms with E-state index in [0.29, 0.717) is 12.8 Å². The van der Waals surface area contributed by atoms with Crippen molar-refractivity contribution in [2.75, 3.05) is 0 Å². The zero-order valence-electron chi connectivity index (χ0n) is 13.2. The molecule has 0 aromatic heterocycles. The lowest BCUT2D eigenvalue weighted by atomic mass is 9.82. The number of hydrogen-bond acceptors (Lipinski definition) is 0. The van der Waals surface area contributed by atoms with Crippen molar-refractivity contribution in [2.24, 2.45) is 0 Å². The van der Waals surface area contributed by atoms with Gasteiger partial charge in [-0.3, -0.25) is 0 Å². The van der Waals surface area contributed by atoms with Crippen LogP contribution in [0.25, 0.3) is 0 Å². The summed E-state index contributed by atoms with van der Waals surface area (Å²) in [5.41, 5.74) is -5.67. The molecule has 0 saturated heterocycles. The van der Waals surface area contributed by atoms with E-state index in [-0.39, 0.29) is 12.8 Å². The Bertz CT molecular complexity index is 391. The monoisotopic (exact) mass is 486 g/mol. The van der Waals surface area contributed by atoms with Gasteiger partial charge in [0, 0.05) is 9.84 Å². The summed E-state index contributed by atoms with van der Waals surface area (Å²) < 4.78 is 115. The van der Waals surface area contributed by atoms with Crippen LogP contribution in [0.15, 0.2) is 0 Å². The molecule has 0 bridgehead atoms. The summed E-state index contributed by atoms with van der Waals surface area (Å²) in [6.45, 7) is 3.21. The normalized spacial score (nSPS) is 19.0. The second-order valence-corrected chi connectivity index (χ2v) is 8.15. The maximum atomic E-state index is 14.2. The largest absolute Gasteiger partial charge is 0.457 e. The fourth-order valence-corrected chi connectivity index (χ4v) is 3.22. The average molecular weight is 486 g/mol. The first kappa shape index (κ1) is 24.1. The van der Waals surface area contributed by atoms with Gasteiger partial charge in [0.05, 0.1) is 0 Å². The van der Waals surface area contributed by atoms with E-state index < -0.39 is 33.8 Å². The molecule has 0 spiro atoms. The van der Waals surface area contributed by atoms with Crippen LogP contribution >= 0.6 is 22.6 Å². The van der Waals surface area contributed by atoms with Crippen molar-refractivity contribution in [1.29, 1.82) is 0 Å². The van der Waals surface area contributed by atoms with E-state index in [1.54, 1.807) is 0 Å². The molecule has 2 unspecified atom stereocenters. The Labute approximate surface area is 148 Å². The summed E-state index contributed by atoms with van der Waals surface area (Å²) in [7, 11) is 0. The fourth-order valence-electron chi connectivity index (χ4n) is 2.31. The van der Waals surface area contributed by atoms with Crippen LogP contribution < -0.4 is 0 Å². The molecular formula is C14H20F9I. The SMILES string of the molecule is CCCCCCC(I)(CC)CC(F)(C(F)(F)F)C(F)(F)C(F)(F)F. The first-order valence-corrected chi connectivity index (χ1v) is 8.55. The third kappa shape index (κ3) is 5.30. The Kier molecular flexibility index (Phi) is 8.23. The summed E-state index contributed by atoms with van der Waals surface area (Å²) in [6.07, 6.45) is -12.7. The van der Waals surface area contributed by atoms with Gasteiger partial charge in [0.15, 0.2) is 0 Å². The van der Waals surface area contributed by atoms with E-state index in [9.17, 15) is 39.5 Å². The number of alkyl halides is 10. The Hall–Kier alpha value is 0.1000. The maximum absolute atomic E-state index is 14.2. The van der Waals surface area contributed by atoms with Gasteiger partial charge in [0.25, 0.3) is 5.67 Å². The van der Waals surface area contributed by atoms with E-state index in [2.05, 4.69) is 0 Å². The molecule has 146 valence electrons. The zero-order chi connectivity index (χ0) is 19.4. The molecule has 10 heteroatoms.